The average Bonchev–Trinajstić information content (AvgIpc) is 3.54. The van der Waals surface area contributed by atoms with Crippen LogP contribution in [-0.2, 0) is 0 Å². The van der Waals surface area contributed by atoms with Gasteiger partial charge in [0.2, 0.25) is 0 Å². The summed E-state index contributed by atoms with van der Waals surface area (Å²) < 4.78 is 6.22. The van der Waals surface area contributed by atoms with Crippen molar-refractivity contribution < 1.29 is 4.42 Å². The smallest absolute Gasteiger partial charge is 0.164 e. The SMILES string of the molecule is c1ccc(-c2ccccc2-c2ccc(-c3nc(-c4ccc5ccccc5c4)nc(-c4cccc5oc6ccccc6c45)n3)cc2)cc1. The lowest BCUT2D eigenvalue weighted by Gasteiger charge is -2.12. The summed E-state index contributed by atoms with van der Waals surface area (Å²) in [5, 5.41) is 4.34. The fourth-order valence-electron chi connectivity index (χ4n) is 6.45. The molecule has 0 aliphatic rings. The minimum absolute atomic E-state index is 0.605. The van der Waals surface area contributed by atoms with Gasteiger partial charge in [0, 0.05) is 27.5 Å². The lowest BCUT2D eigenvalue weighted by molar-refractivity contribution is 0.669. The maximum atomic E-state index is 6.22. The highest BCUT2D eigenvalue weighted by molar-refractivity contribution is 6.11. The van der Waals surface area contributed by atoms with Crippen molar-refractivity contribution in [3.63, 3.8) is 0 Å². The predicted octanol–water partition coefficient (Wildman–Crippen LogP) is 11.3. The van der Waals surface area contributed by atoms with Crippen LogP contribution < -0.4 is 0 Å². The molecular weight excluding hydrogens is 574 g/mol. The summed E-state index contributed by atoms with van der Waals surface area (Å²) in [4.78, 5) is 15.2. The van der Waals surface area contributed by atoms with Crippen LogP contribution in [0, 0.1) is 0 Å². The first-order valence-corrected chi connectivity index (χ1v) is 15.7. The van der Waals surface area contributed by atoms with E-state index in [1.807, 2.05) is 36.4 Å². The number of benzene rings is 7. The molecule has 0 saturated heterocycles. The molecule has 2 heterocycles. The van der Waals surface area contributed by atoms with Gasteiger partial charge >= 0.3 is 0 Å². The Hall–Kier alpha value is -6.39. The van der Waals surface area contributed by atoms with Gasteiger partial charge in [-0.25, -0.2) is 15.0 Å². The van der Waals surface area contributed by atoms with E-state index in [0.717, 1.165) is 49.6 Å². The number of hydrogen-bond acceptors (Lipinski definition) is 4. The van der Waals surface area contributed by atoms with E-state index in [1.54, 1.807) is 0 Å². The predicted molar refractivity (Wildman–Crippen MR) is 192 cm³/mol. The summed E-state index contributed by atoms with van der Waals surface area (Å²) in [5.74, 6) is 1.85. The highest BCUT2D eigenvalue weighted by atomic mass is 16.3. The number of nitrogens with zero attached hydrogens (tertiary/aromatic N) is 3. The van der Waals surface area contributed by atoms with Crippen LogP contribution in [-0.4, -0.2) is 15.0 Å². The van der Waals surface area contributed by atoms with E-state index in [-0.39, 0.29) is 0 Å². The second-order valence-electron chi connectivity index (χ2n) is 11.6. The van der Waals surface area contributed by atoms with Gasteiger partial charge in [-0.15, -0.1) is 0 Å². The molecule has 2 aromatic heterocycles. The lowest BCUT2D eigenvalue weighted by Crippen LogP contribution is -2.00. The molecule has 4 nitrogen and oxygen atoms in total. The zero-order chi connectivity index (χ0) is 31.2. The molecule has 0 atom stereocenters. The summed E-state index contributed by atoms with van der Waals surface area (Å²) in [6, 6.07) is 56.4. The van der Waals surface area contributed by atoms with Crippen LogP contribution in [0.5, 0.6) is 0 Å². The average molecular weight is 602 g/mol. The first-order chi connectivity index (χ1) is 23.3. The fourth-order valence-corrected chi connectivity index (χ4v) is 6.45. The Morgan fingerprint density at radius 3 is 1.70 bits per heavy atom. The van der Waals surface area contributed by atoms with Crippen molar-refractivity contribution in [2.24, 2.45) is 0 Å². The Morgan fingerprint density at radius 1 is 0.340 bits per heavy atom. The maximum absolute atomic E-state index is 6.22. The minimum atomic E-state index is 0.605. The first-order valence-electron chi connectivity index (χ1n) is 15.7. The number of rotatable bonds is 5. The number of aromatic nitrogens is 3. The van der Waals surface area contributed by atoms with Gasteiger partial charge in [0.15, 0.2) is 17.5 Å². The molecule has 47 heavy (non-hydrogen) atoms. The third-order valence-corrected chi connectivity index (χ3v) is 8.75. The van der Waals surface area contributed by atoms with Crippen LogP contribution in [0.2, 0.25) is 0 Å². The van der Waals surface area contributed by atoms with Crippen LogP contribution >= 0.6 is 0 Å². The third-order valence-electron chi connectivity index (χ3n) is 8.75. The van der Waals surface area contributed by atoms with Gasteiger partial charge in [0.25, 0.3) is 0 Å². The normalized spacial score (nSPS) is 11.4. The summed E-state index contributed by atoms with van der Waals surface area (Å²) in [6.07, 6.45) is 0. The van der Waals surface area contributed by atoms with Crippen molar-refractivity contribution in [3.05, 3.63) is 164 Å². The topological polar surface area (TPSA) is 51.8 Å². The van der Waals surface area contributed by atoms with Gasteiger partial charge < -0.3 is 4.42 Å². The van der Waals surface area contributed by atoms with E-state index < -0.39 is 0 Å². The molecule has 0 spiro atoms. The molecule has 0 bridgehead atoms. The van der Waals surface area contributed by atoms with Crippen LogP contribution in [0.3, 0.4) is 0 Å². The number of furan rings is 1. The van der Waals surface area contributed by atoms with Crippen LogP contribution in [0.25, 0.3) is 89.1 Å². The van der Waals surface area contributed by atoms with E-state index in [4.69, 9.17) is 19.4 Å². The van der Waals surface area contributed by atoms with Gasteiger partial charge in [-0.1, -0.05) is 146 Å². The van der Waals surface area contributed by atoms with Crippen molar-refractivity contribution in [1.29, 1.82) is 0 Å². The zero-order valence-electron chi connectivity index (χ0n) is 25.3. The molecule has 9 rings (SSSR count). The van der Waals surface area contributed by atoms with Gasteiger partial charge in [0.1, 0.15) is 11.2 Å². The van der Waals surface area contributed by atoms with Crippen LogP contribution in [0.15, 0.2) is 168 Å². The first kappa shape index (κ1) is 27.0. The molecule has 0 amide bonds. The Morgan fingerprint density at radius 2 is 0.894 bits per heavy atom. The van der Waals surface area contributed by atoms with E-state index in [9.17, 15) is 0 Å². The quantitative estimate of drug-likeness (QED) is 0.197. The largest absolute Gasteiger partial charge is 0.456 e. The molecular formula is C43H27N3O. The van der Waals surface area contributed by atoms with Gasteiger partial charge in [-0.2, -0.15) is 0 Å². The maximum Gasteiger partial charge on any atom is 0.164 e. The van der Waals surface area contributed by atoms with Crippen molar-refractivity contribution >= 4 is 32.7 Å². The second-order valence-corrected chi connectivity index (χ2v) is 11.6. The van der Waals surface area contributed by atoms with E-state index in [2.05, 4.69) is 127 Å². The molecule has 220 valence electrons. The number of para-hydroxylation sites is 1. The zero-order valence-corrected chi connectivity index (χ0v) is 25.3. The van der Waals surface area contributed by atoms with E-state index in [0.29, 0.717) is 17.5 Å². The Bertz CT molecular complexity index is 2570. The molecule has 0 radical (unpaired) electrons. The Balaban J connectivity index is 1.21. The highest BCUT2D eigenvalue weighted by Gasteiger charge is 2.18. The van der Waals surface area contributed by atoms with Gasteiger partial charge in [-0.05, 0) is 51.2 Å². The molecule has 0 aliphatic carbocycles. The molecule has 7 aromatic carbocycles. The van der Waals surface area contributed by atoms with Crippen molar-refractivity contribution in [2.75, 3.05) is 0 Å². The molecule has 0 fully saturated rings. The van der Waals surface area contributed by atoms with Gasteiger partial charge in [-0.3, -0.25) is 0 Å². The van der Waals surface area contributed by atoms with E-state index in [1.165, 1.54) is 22.1 Å². The number of hydrogen-bond donors (Lipinski definition) is 0. The van der Waals surface area contributed by atoms with Crippen molar-refractivity contribution in [2.45, 2.75) is 0 Å². The summed E-state index contributed by atoms with van der Waals surface area (Å²) in [7, 11) is 0. The second kappa shape index (κ2) is 11.2. The summed E-state index contributed by atoms with van der Waals surface area (Å²) in [6.45, 7) is 0. The molecule has 9 aromatic rings. The molecule has 0 N–H and O–H groups in total. The third kappa shape index (κ3) is 4.84. The van der Waals surface area contributed by atoms with Crippen molar-refractivity contribution in [1.82, 2.24) is 15.0 Å². The lowest BCUT2D eigenvalue weighted by atomic mass is 9.94. The number of fused-ring (bicyclic) bond motifs is 4. The Kier molecular flexibility index (Phi) is 6.43. The summed E-state index contributed by atoms with van der Waals surface area (Å²) >= 11 is 0. The molecule has 0 aliphatic heterocycles. The minimum Gasteiger partial charge on any atom is -0.456 e. The molecule has 0 saturated carbocycles. The highest BCUT2D eigenvalue weighted by Crippen LogP contribution is 2.37. The molecule has 4 heteroatoms. The summed E-state index contributed by atoms with van der Waals surface area (Å²) in [5.41, 5.74) is 9.10. The Labute approximate surface area is 271 Å². The van der Waals surface area contributed by atoms with Gasteiger partial charge in [0.05, 0.1) is 0 Å². The van der Waals surface area contributed by atoms with Crippen molar-refractivity contribution in [3.8, 4) is 56.4 Å². The molecule has 0 unspecified atom stereocenters. The standard InChI is InChI=1S/C43H27N3O/c1-2-12-29(13-3-1)34-15-6-7-16-35(34)30-22-24-31(25-23-30)41-44-42(33-26-21-28-11-4-5-14-32(28)27-33)46-43(45-41)37-18-10-20-39-40(37)36-17-8-9-19-38(36)47-39/h1-27H. The van der Waals surface area contributed by atoms with Crippen LogP contribution in [0.4, 0.5) is 0 Å². The van der Waals surface area contributed by atoms with E-state index >= 15 is 0 Å². The monoisotopic (exact) mass is 601 g/mol. The van der Waals surface area contributed by atoms with Crippen LogP contribution in [0.1, 0.15) is 0 Å². The fraction of sp³-hybridized carbons (Fsp3) is 0.